The van der Waals surface area contributed by atoms with Crippen LogP contribution >= 0.6 is 11.6 Å². The molecule has 0 bridgehead atoms. The van der Waals surface area contributed by atoms with Crippen LogP contribution in [-0.4, -0.2) is 26.1 Å². The summed E-state index contributed by atoms with van der Waals surface area (Å²) in [6.07, 6.45) is 3.05. The third kappa shape index (κ3) is 1.56. The molecule has 5 nitrogen and oxygen atoms in total. The smallest absolute Gasteiger partial charge is 0.166 e. The van der Waals surface area contributed by atoms with Crippen molar-refractivity contribution in [3.63, 3.8) is 0 Å². The lowest BCUT2D eigenvalue weighted by Gasteiger charge is -2.02. The SMILES string of the molecule is CCOCn1cnc2c(Cl)ncnc21. The van der Waals surface area contributed by atoms with Gasteiger partial charge in [0.1, 0.15) is 18.6 Å². The molecule has 0 fully saturated rings. The van der Waals surface area contributed by atoms with Crippen molar-refractivity contribution in [2.24, 2.45) is 0 Å². The topological polar surface area (TPSA) is 52.8 Å². The number of fused-ring (bicyclic) bond motifs is 1. The molecule has 2 heterocycles. The number of hydrogen-bond acceptors (Lipinski definition) is 4. The summed E-state index contributed by atoms with van der Waals surface area (Å²) in [5, 5.41) is 0.366. The van der Waals surface area contributed by atoms with E-state index in [0.717, 1.165) is 0 Å². The van der Waals surface area contributed by atoms with Crippen molar-refractivity contribution in [2.75, 3.05) is 6.61 Å². The maximum Gasteiger partial charge on any atom is 0.166 e. The summed E-state index contributed by atoms with van der Waals surface area (Å²) < 4.78 is 7.03. The molecular formula is C8H9ClN4O. The Labute approximate surface area is 85.7 Å². The van der Waals surface area contributed by atoms with E-state index in [-0.39, 0.29) is 0 Å². The average molecular weight is 213 g/mol. The average Bonchev–Trinajstić information content (AvgIpc) is 2.60. The van der Waals surface area contributed by atoms with Gasteiger partial charge in [0.05, 0.1) is 6.33 Å². The Kier molecular flexibility index (Phi) is 2.60. The summed E-state index contributed by atoms with van der Waals surface area (Å²) in [6.45, 7) is 3.01. The third-order valence-corrected chi connectivity index (χ3v) is 2.07. The third-order valence-electron chi connectivity index (χ3n) is 1.79. The minimum Gasteiger partial charge on any atom is -0.361 e. The first-order chi connectivity index (χ1) is 6.83. The minimum absolute atomic E-state index is 0.366. The standard InChI is InChI=1S/C8H9ClN4O/c1-2-14-5-13-4-12-6-7(9)10-3-11-8(6)13/h3-4H,2,5H2,1H3. The molecule has 2 rings (SSSR count). The van der Waals surface area contributed by atoms with E-state index >= 15 is 0 Å². The van der Waals surface area contributed by atoms with Gasteiger partial charge in [-0.2, -0.15) is 0 Å². The van der Waals surface area contributed by atoms with Gasteiger partial charge in [0.2, 0.25) is 0 Å². The van der Waals surface area contributed by atoms with Crippen molar-refractivity contribution in [3.8, 4) is 0 Å². The Hall–Kier alpha value is -1.20. The normalized spacial score (nSPS) is 11.0. The largest absolute Gasteiger partial charge is 0.361 e. The Morgan fingerprint density at radius 2 is 2.29 bits per heavy atom. The second-order valence-corrected chi connectivity index (χ2v) is 3.03. The van der Waals surface area contributed by atoms with Gasteiger partial charge in [-0.25, -0.2) is 15.0 Å². The minimum atomic E-state index is 0.366. The number of halogens is 1. The first-order valence-corrected chi connectivity index (χ1v) is 4.59. The van der Waals surface area contributed by atoms with Crippen LogP contribution in [0.2, 0.25) is 5.15 Å². The van der Waals surface area contributed by atoms with Crippen LogP contribution in [0, 0.1) is 0 Å². The van der Waals surface area contributed by atoms with E-state index in [1.165, 1.54) is 6.33 Å². The number of aromatic nitrogens is 4. The van der Waals surface area contributed by atoms with Gasteiger partial charge in [-0.1, -0.05) is 11.6 Å². The lowest BCUT2D eigenvalue weighted by Crippen LogP contribution is -2.01. The molecule has 6 heteroatoms. The first-order valence-electron chi connectivity index (χ1n) is 4.22. The summed E-state index contributed by atoms with van der Waals surface area (Å²) in [4.78, 5) is 12.0. The Morgan fingerprint density at radius 1 is 1.43 bits per heavy atom. The Bertz CT molecular complexity index is 442. The number of nitrogens with zero attached hydrogens (tertiary/aromatic N) is 4. The lowest BCUT2D eigenvalue weighted by molar-refractivity contribution is 0.0901. The van der Waals surface area contributed by atoms with Crippen molar-refractivity contribution >= 4 is 22.8 Å². The molecule has 2 aromatic rings. The molecule has 2 aromatic heterocycles. The van der Waals surface area contributed by atoms with Gasteiger partial charge in [-0.15, -0.1) is 0 Å². The highest BCUT2D eigenvalue weighted by molar-refractivity contribution is 6.33. The van der Waals surface area contributed by atoms with Gasteiger partial charge in [0, 0.05) is 6.61 Å². The predicted molar refractivity (Wildman–Crippen MR) is 52.0 cm³/mol. The summed E-state index contributed by atoms with van der Waals surface area (Å²) in [6, 6.07) is 0. The monoisotopic (exact) mass is 212 g/mol. The van der Waals surface area contributed by atoms with Crippen LogP contribution in [0.3, 0.4) is 0 Å². The second kappa shape index (κ2) is 3.89. The lowest BCUT2D eigenvalue weighted by atomic mass is 10.5. The Morgan fingerprint density at radius 3 is 3.07 bits per heavy atom. The highest BCUT2D eigenvalue weighted by atomic mass is 35.5. The molecule has 74 valence electrons. The van der Waals surface area contributed by atoms with Gasteiger partial charge in [0.15, 0.2) is 10.8 Å². The van der Waals surface area contributed by atoms with Crippen LogP contribution in [0.15, 0.2) is 12.7 Å². The molecule has 0 unspecified atom stereocenters. The maximum atomic E-state index is 5.84. The molecule has 0 aliphatic rings. The molecule has 0 saturated heterocycles. The zero-order valence-electron chi connectivity index (χ0n) is 7.64. The van der Waals surface area contributed by atoms with Crippen molar-refractivity contribution in [3.05, 3.63) is 17.8 Å². The van der Waals surface area contributed by atoms with E-state index in [1.807, 2.05) is 6.92 Å². The molecule has 0 atom stereocenters. The van der Waals surface area contributed by atoms with Crippen molar-refractivity contribution in [1.82, 2.24) is 19.5 Å². The molecule has 0 amide bonds. The van der Waals surface area contributed by atoms with Gasteiger partial charge < -0.3 is 4.74 Å². The van der Waals surface area contributed by atoms with Crippen LogP contribution in [0.5, 0.6) is 0 Å². The molecule has 0 aromatic carbocycles. The maximum absolute atomic E-state index is 5.84. The summed E-state index contributed by atoms with van der Waals surface area (Å²) >= 11 is 5.84. The number of hydrogen-bond donors (Lipinski definition) is 0. The van der Waals surface area contributed by atoms with Crippen molar-refractivity contribution in [1.29, 1.82) is 0 Å². The molecule has 0 spiro atoms. The van der Waals surface area contributed by atoms with Gasteiger partial charge in [-0.05, 0) is 6.92 Å². The van der Waals surface area contributed by atoms with Crippen LogP contribution in [0.1, 0.15) is 6.92 Å². The van der Waals surface area contributed by atoms with Crippen LogP contribution in [-0.2, 0) is 11.5 Å². The molecule has 0 aliphatic carbocycles. The van der Waals surface area contributed by atoms with Crippen LogP contribution in [0.25, 0.3) is 11.2 Å². The van der Waals surface area contributed by atoms with Gasteiger partial charge in [0.25, 0.3) is 0 Å². The van der Waals surface area contributed by atoms with E-state index in [4.69, 9.17) is 16.3 Å². The van der Waals surface area contributed by atoms with E-state index < -0.39 is 0 Å². The fourth-order valence-corrected chi connectivity index (χ4v) is 1.31. The zero-order valence-corrected chi connectivity index (χ0v) is 8.40. The number of rotatable bonds is 3. The van der Waals surface area contributed by atoms with Gasteiger partial charge in [-0.3, -0.25) is 4.57 Å². The fourth-order valence-electron chi connectivity index (χ4n) is 1.14. The quantitative estimate of drug-likeness (QED) is 0.723. The summed E-state index contributed by atoms with van der Waals surface area (Å²) in [5.41, 5.74) is 1.30. The Balaban J connectivity index is 2.42. The highest BCUT2D eigenvalue weighted by Crippen LogP contribution is 2.16. The molecule has 14 heavy (non-hydrogen) atoms. The molecule has 0 aliphatic heterocycles. The zero-order chi connectivity index (χ0) is 9.97. The number of ether oxygens (including phenoxy) is 1. The van der Waals surface area contributed by atoms with Crippen molar-refractivity contribution in [2.45, 2.75) is 13.7 Å². The van der Waals surface area contributed by atoms with Crippen LogP contribution < -0.4 is 0 Å². The summed E-state index contributed by atoms with van der Waals surface area (Å²) in [5.74, 6) is 0. The van der Waals surface area contributed by atoms with Gasteiger partial charge >= 0.3 is 0 Å². The number of imidazole rings is 1. The molecule has 0 N–H and O–H groups in total. The van der Waals surface area contributed by atoms with Crippen LogP contribution in [0.4, 0.5) is 0 Å². The van der Waals surface area contributed by atoms with E-state index in [2.05, 4.69) is 15.0 Å². The fraction of sp³-hybridized carbons (Fsp3) is 0.375. The molecular weight excluding hydrogens is 204 g/mol. The molecule has 0 radical (unpaired) electrons. The van der Waals surface area contributed by atoms with E-state index in [9.17, 15) is 0 Å². The second-order valence-electron chi connectivity index (χ2n) is 2.67. The van der Waals surface area contributed by atoms with E-state index in [1.54, 1.807) is 10.9 Å². The first kappa shape index (κ1) is 9.36. The molecule has 0 saturated carbocycles. The summed E-state index contributed by atoms with van der Waals surface area (Å²) in [7, 11) is 0. The predicted octanol–water partition coefficient (Wildman–Crippen LogP) is 1.47. The van der Waals surface area contributed by atoms with Crippen molar-refractivity contribution < 1.29 is 4.74 Å². The van der Waals surface area contributed by atoms with E-state index in [0.29, 0.717) is 29.7 Å². The highest BCUT2D eigenvalue weighted by Gasteiger charge is 2.07.